The Morgan fingerprint density at radius 3 is 2.24 bits per heavy atom. The zero-order valence-corrected chi connectivity index (χ0v) is 11.6. The van der Waals surface area contributed by atoms with Crippen LogP contribution in [0.5, 0.6) is 0 Å². The molecule has 0 fully saturated rings. The number of nitrogens with zero attached hydrogens (tertiary/aromatic N) is 1. The van der Waals surface area contributed by atoms with Crippen molar-refractivity contribution in [1.82, 2.24) is 5.32 Å². The molecule has 2 N–H and O–H groups in total. The van der Waals surface area contributed by atoms with Gasteiger partial charge in [0.1, 0.15) is 6.54 Å². The van der Waals surface area contributed by atoms with Crippen LogP contribution in [0.15, 0.2) is 12.1 Å². The number of rotatable bonds is 5. The van der Waals surface area contributed by atoms with Gasteiger partial charge in [0, 0.05) is 12.1 Å². The molecule has 0 aliphatic rings. The summed E-state index contributed by atoms with van der Waals surface area (Å²) in [6, 6.07) is 2.01. The first-order valence-corrected chi connectivity index (χ1v) is 6.06. The molecule has 0 radical (unpaired) electrons. The topological polar surface area (TPSA) is 84.3 Å². The van der Waals surface area contributed by atoms with Crippen molar-refractivity contribution in [3.05, 3.63) is 32.3 Å². The van der Waals surface area contributed by atoms with Crippen LogP contribution in [0, 0.1) is 10.1 Å². The third-order valence-corrected chi connectivity index (χ3v) is 2.75. The van der Waals surface area contributed by atoms with Crippen LogP contribution in [0.3, 0.4) is 0 Å². The molecule has 21 heavy (non-hydrogen) atoms. The van der Waals surface area contributed by atoms with Crippen LogP contribution >= 0.6 is 23.2 Å². The van der Waals surface area contributed by atoms with Crippen molar-refractivity contribution in [1.29, 1.82) is 0 Å². The van der Waals surface area contributed by atoms with Gasteiger partial charge in [-0.1, -0.05) is 23.2 Å². The molecule has 1 amide bonds. The van der Waals surface area contributed by atoms with Crippen molar-refractivity contribution in [3.8, 4) is 0 Å². The van der Waals surface area contributed by atoms with E-state index >= 15 is 0 Å². The smallest absolute Gasteiger partial charge is 0.374 e. The molecule has 11 heteroatoms. The normalized spacial score (nSPS) is 11.1. The average Bonchev–Trinajstić information content (AvgIpc) is 2.34. The summed E-state index contributed by atoms with van der Waals surface area (Å²) in [5, 5.41) is 14.4. The number of nitro benzene ring substituents is 1. The minimum Gasteiger partial charge on any atom is -0.374 e. The van der Waals surface area contributed by atoms with Crippen molar-refractivity contribution in [2.24, 2.45) is 0 Å². The van der Waals surface area contributed by atoms with Crippen LogP contribution in [-0.2, 0) is 4.79 Å². The highest BCUT2D eigenvalue weighted by molar-refractivity contribution is 6.39. The maximum absolute atomic E-state index is 11.9. The van der Waals surface area contributed by atoms with Crippen molar-refractivity contribution in [2.45, 2.75) is 6.18 Å². The van der Waals surface area contributed by atoms with E-state index in [1.807, 2.05) is 0 Å². The molecule has 116 valence electrons. The highest BCUT2D eigenvalue weighted by Gasteiger charge is 2.27. The van der Waals surface area contributed by atoms with E-state index < -0.39 is 30.1 Å². The third kappa shape index (κ3) is 5.64. The zero-order valence-electron chi connectivity index (χ0n) is 10.1. The Bertz CT molecular complexity index is 543. The number of carbonyl (C=O) groups is 1. The number of nitro groups is 1. The maximum atomic E-state index is 11.9. The molecular weight excluding hydrogens is 338 g/mol. The number of amides is 1. The molecular formula is C10H8Cl2F3N3O3. The molecule has 6 nitrogen and oxygen atoms in total. The molecule has 0 saturated carbocycles. The quantitative estimate of drug-likeness (QED) is 0.634. The monoisotopic (exact) mass is 345 g/mol. The predicted octanol–water partition coefficient (Wildman–Crippen LogP) is 2.99. The van der Waals surface area contributed by atoms with Crippen LogP contribution in [0.2, 0.25) is 10.0 Å². The Balaban J connectivity index is 2.68. The molecule has 0 saturated heterocycles. The second kappa shape index (κ2) is 6.81. The summed E-state index contributed by atoms with van der Waals surface area (Å²) >= 11 is 11.5. The van der Waals surface area contributed by atoms with Crippen LogP contribution in [-0.4, -0.2) is 30.1 Å². The lowest BCUT2D eigenvalue weighted by Gasteiger charge is -2.11. The van der Waals surface area contributed by atoms with Crippen molar-refractivity contribution in [2.75, 3.05) is 18.4 Å². The highest BCUT2D eigenvalue weighted by Crippen LogP contribution is 2.34. The summed E-state index contributed by atoms with van der Waals surface area (Å²) in [4.78, 5) is 21.0. The predicted molar refractivity (Wildman–Crippen MR) is 70.7 cm³/mol. The van der Waals surface area contributed by atoms with Gasteiger partial charge in [0.15, 0.2) is 0 Å². The van der Waals surface area contributed by atoms with Gasteiger partial charge in [-0.2, -0.15) is 13.2 Å². The second-order valence-corrected chi connectivity index (χ2v) is 4.60. The van der Waals surface area contributed by atoms with E-state index in [4.69, 9.17) is 23.2 Å². The molecule has 1 rings (SSSR count). The molecule has 0 aliphatic heterocycles. The average molecular weight is 346 g/mol. The number of halogens is 5. The third-order valence-electron chi connectivity index (χ3n) is 2.15. The Morgan fingerprint density at radius 1 is 1.29 bits per heavy atom. The van der Waals surface area contributed by atoms with E-state index in [1.165, 1.54) is 0 Å². The lowest BCUT2D eigenvalue weighted by Crippen LogP contribution is -2.37. The van der Waals surface area contributed by atoms with Gasteiger partial charge in [-0.05, 0) is 0 Å². The number of alkyl halides is 3. The minimum atomic E-state index is -4.52. The standard InChI is InChI=1S/C10H8Cl2F3N3O3/c11-6-1-5(18(20)21)2-7(12)9(6)16-3-8(19)17-4-10(13,14)15/h1-2,16H,3-4H2,(H,17,19). The SMILES string of the molecule is O=C(CNc1c(Cl)cc([N+](=O)[O-])cc1Cl)NCC(F)(F)F. The molecule has 0 bridgehead atoms. The number of benzene rings is 1. The van der Waals surface area contributed by atoms with Crippen molar-refractivity contribution in [3.63, 3.8) is 0 Å². The summed E-state index contributed by atoms with van der Waals surface area (Å²) in [5.74, 6) is -0.933. The molecule has 0 spiro atoms. The fraction of sp³-hybridized carbons (Fsp3) is 0.300. The largest absolute Gasteiger partial charge is 0.405 e. The summed E-state index contributed by atoms with van der Waals surface area (Å²) in [5.41, 5.74) is -0.330. The van der Waals surface area contributed by atoms with Crippen LogP contribution in [0.25, 0.3) is 0 Å². The molecule has 0 heterocycles. The fourth-order valence-corrected chi connectivity index (χ4v) is 1.87. The van der Waals surface area contributed by atoms with Crippen LogP contribution < -0.4 is 10.6 Å². The second-order valence-electron chi connectivity index (χ2n) is 3.79. The van der Waals surface area contributed by atoms with Crippen LogP contribution in [0.1, 0.15) is 0 Å². The van der Waals surface area contributed by atoms with E-state index in [2.05, 4.69) is 5.32 Å². The van der Waals surface area contributed by atoms with Crippen molar-refractivity contribution < 1.29 is 22.9 Å². The van der Waals surface area contributed by atoms with E-state index in [1.54, 1.807) is 5.32 Å². The Morgan fingerprint density at radius 2 is 1.81 bits per heavy atom. The zero-order chi connectivity index (χ0) is 16.2. The molecule has 0 aromatic heterocycles. The molecule has 1 aromatic carbocycles. The number of hydrogen-bond acceptors (Lipinski definition) is 4. The minimum absolute atomic E-state index is 0.0195. The van der Waals surface area contributed by atoms with E-state index in [0.29, 0.717) is 0 Å². The molecule has 1 aromatic rings. The number of non-ortho nitro benzene ring substituents is 1. The lowest BCUT2D eigenvalue weighted by atomic mass is 10.2. The van der Waals surface area contributed by atoms with Crippen molar-refractivity contribution >= 4 is 40.5 Å². The summed E-state index contributed by atoms with van der Waals surface area (Å²) < 4.78 is 35.7. The van der Waals surface area contributed by atoms with E-state index in [0.717, 1.165) is 12.1 Å². The Hall–Kier alpha value is -1.74. The van der Waals surface area contributed by atoms with E-state index in [-0.39, 0.29) is 21.4 Å². The molecule has 0 unspecified atom stereocenters. The summed E-state index contributed by atoms with van der Waals surface area (Å²) in [6.45, 7) is -1.98. The number of carbonyl (C=O) groups excluding carboxylic acids is 1. The van der Waals surface area contributed by atoms with Gasteiger partial charge in [0.2, 0.25) is 5.91 Å². The number of hydrogen-bond donors (Lipinski definition) is 2. The summed E-state index contributed by atoms with van der Waals surface area (Å²) in [6.07, 6.45) is -4.52. The molecule has 0 aliphatic carbocycles. The van der Waals surface area contributed by atoms with Gasteiger partial charge in [0.25, 0.3) is 5.69 Å². The van der Waals surface area contributed by atoms with Gasteiger partial charge >= 0.3 is 6.18 Å². The Kier molecular flexibility index (Phi) is 5.62. The first-order valence-electron chi connectivity index (χ1n) is 5.31. The fourth-order valence-electron chi connectivity index (χ4n) is 1.26. The number of anilines is 1. The summed E-state index contributed by atoms with van der Waals surface area (Å²) in [7, 11) is 0. The van der Waals surface area contributed by atoms with Gasteiger partial charge in [-0.25, -0.2) is 0 Å². The Labute approximate surface area is 126 Å². The first kappa shape index (κ1) is 17.3. The lowest BCUT2D eigenvalue weighted by molar-refractivity contribution is -0.384. The van der Waals surface area contributed by atoms with Crippen LogP contribution in [0.4, 0.5) is 24.5 Å². The highest BCUT2D eigenvalue weighted by atomic mass is 35.5. The van der Waals surface area contributed by atoms with Gasteiger partial charge in [-0.15, -0.1) is 0 Å². The van der Waals surface area contributed by atoms with E-state index in [9.17, 15) is 28.1 Å². The molecule has 0 atom stereocenters. The first-order chi connectivity index (χ1) is 9.60. The maximum Gasteiger partial charge on any atom is 0.405 e. The van der Waals surface area contributed by atoms with Gasteiger partial charge < -0.3 is 10.6 Å². The number of nitrogens with one attached hydrogen (secondary N) is 2. The van der Waals surface area contributed by atoms with Gasteiger partial charge in [-0.3, -0.25) is 14.9 Å². The van der Waals surface area contributed by atoms with Gasteiger partial charge in [0.05, 0.1) is 27.2 Å².